The van der Waals surface area contributed by atoms with Crippen molar-refractivity contribution in [3.05, 3.63) is 34.4 Å². The quantitative estimate of drug-likeness (QED) is 0.791. The molecule has 1 aromatic rings. The molecule has 0 aromatic heterocycles. The Bertz CT molecular complexity index is 463. The Hall–Kier alpha value is -0.820. The van der Waals surface area contributed by atoms with Crippen LogP contribution in [0.3, 0.4) is 0 Å². The van der Waals surface area contributed by atoms with Gasteiger partial charge in [0.25, 0.3) is 0 Å². The van der Waals surface area contributed by atoms with Crippen LogP contribution in [0.2, 0.25) is 0 Å². The average molecular weight is 287 g/mol. The number of hydrogen-bond donors (Lipinski definition) is 1. The van der Waals surface area contributed by atoms with Crippen molar-refractivity contribution in [1.82, 2.24) is 5.32 Å². The average Bonchev–Trinajstić information content (AvgIpc) is 2.48. The fourth-order valence-corrected chi connectivity index (χ4v) is 4.03. The van der Waals surface area contributed by atoms with Gasteiger partial charge in [-0.15, -0.1) is 0 Å². The van der Waals surface area contributed by atoms with Crippen molar-refractivity contribution in [2.24, 2.45) is 11.8 Å². The van der Waals surface area contributed by atoms with Gasteiger partial charge in [0, 0.05) is 0 Å². The third-order valence-corrected chi connectivity index (χ3v) is 5.62. The van der Waals surface area contributed by atoms with Gasteiger partial charge in [-0.05, 0) is 86.7 Å². The van der Waals surface area contributed by atoms with Gasteiger partial charge in [-0.3, -0.25) is 0 Å². The molecule has 0 radical (unpaired) electrons. The van der Waals surface area contributed by atoms with E-state index >= 15 is 0 Å². The maximum atomic E-state index is 3.60. The topological polar surface area (TPSA) is 12.0 Å². The fraction of sp³-hybridized carbons (Fsp3) is 0.700. The molecule has 1 aromatic carbocycles. The summed E-state index contributed by atoms with van der Waals surface area (Å²) < 4.78 is 0. The maximum absolute atomic E-state index is 3.60. The van der Waals surface area contributed by atoms with Gasteiger partial charge in [-0.25, -0.2) is 0 Å². The molecule has 3 atom stereocenters. The molecule has 2 rings (SSSR count). The van der Waals surface area contributed by atoms with Crippen molar-refractivity contribution in [3.63, 3.8) is 0 Å². The Labute approximate surface area is 131 Å². The van der Waals surface area contributed by atoms with Gasteiger partial charge < -0.3 is 5.32 Å². The van der Waals surface area contributed by atoms with Crippen LogP contribution in [0.25, 0.3) is 0 Å². The van der Waals surface area contributed by atoms with E-state index in [0.717, 1.165) is 24.3 Å². The Balaban J connectivity index is 2.28. The molecule has 1 heteroatoms. The van der Waals surface area contributed by atoms with Gasteiger partial charge in [0.15, 0.2) is 0 Å². The highest BCUT2D eigenvalue weighted by Gasteiger charge is 2.31. The van der Waals surface area contributed by atoms with Crippen molar-refractivity contribution in [2.75, 3.05) is 13.1 Å². The summed E-state index contributed by atoms with van der Waals surface area (Å²) >= 11 is 0. The molecular weight excluding hydrogens is 254 g/mol. The molecule has 1 aliphatic rings. The van der Waals surface area contributed by atoms with E-state index in [-0.39, 0.29) is 0 Å². The van der Waals surface area contributed by atoms with Crippen LogP contribution >= 0.6 is 0 Å². The molecule has 0 heterocycles. The molecule has 1 nitrogen and oxygen atoms in total. The normalized spacial score (nSPS) is 26.0. The molecule has 1 fully saturated rings. The highest BCUT2D eigenvalue weighted by atomic mass is 14.8. The second-order valence-electron chi connectivity index (χ2n) is 7.05. The molecule has 1 aliphatic carbocycles. The minimum absolute atomic E-state index is 0.752. The lowest BCUT2D eigenvalue weighted by Crippen LogP contribution is -2.32. The Morgan fingerprint density at radius 2 is 1.71 bits per heavy atom. The van der Waals surface area contributed by atoms with Crippen LogP contribution in [0.1, 0.15) is 67.7 Å². The van der Waals surface area contributed by atoms with E-state index in [1.165, 1.54) is 48.9 Å². The van der Waals surface area contributed by atoms with E-state index in [1.807, 2.05) is 0 Å². The van der Waals surface area contributed by atoms with Crippen LogP contribution < -0.4 is 5.32 Å². The standard InChI is InChI=1S/C20H33N/c1-6-17-8-9-18(13-21-7-2)20(12-17)19-11-15(4)14(3)10-16(19)5/h10-11,17-18,20-21H,6-9,12-13H2,1-5H3. The first-order valence-corrected chi connectivity index (χ1v) is 8.85. The first kappa shape index (κ1) is 16.5. The lowest BCUT2D eigenvalue weighted by Gasteiger charge is -2.37. The lowest BCUT2D eigenvalue weighted by molar-refractivity contribution is 0.226. The minimum atomic E-state index is 0.752. The maximum Gasteiger partial charge on any atom is -0.00148 e. The van der Waals surface area contributed by atoms with Crippen molar-refractivity contribution in [1.29, 1.82) is 0 Å². The fourth-order valence-electron chi connectivity index (χ4n) is 4.03. The van der Waals surface area contributed by atoms with Crippen LogP contribution in [-0.4, -0.2) is 13.1 Å². The lowest BCUT2D eigenvalue weighted by atomic mass is 9.69. The molecule has 0 bridgehead atoms. The molecule has 118 valence electrons. The predicted octanol–water partition coefficient (Wildman–Crippen LogP) is 5.13. The summed E-state index contributed by atoms with van der Waals surface area (Å²) in [5.41, 5.74) is 6.01. The second kappa shape index (κ2) is 7.45. The number of rotatable bonds is 5. The van der Waals surface area contributed by atoms with Gasteiger partial charge in [0.1, 0.15) is 0 Å². The summed E-state index contributed by atoms with van der Waals surface area (Å²) in [5, 5.41) is 3.60. The number of hydrogen-bond acceptors (Lipinski definition) is 1. The summed E-state index contributed by atoms with van der Waals surface area (Å²) in [5.74, 6) is 2.49. The molecule has 1 saturated carbocycles. The summed E-state index contributed by atoms with van der Waals surface area (Å²) in [7, 11) is 0. The Morgan fingerprint density at radius 1 is 1.00 bits per heavy atom. The van der Waals surface area contributed by atoms with E-state index in [1.54, 1.807) is 5.56 Å². The summed E-state index contributed by atoms with van der Waals surface area (Å²) in [6.07, 6.45) is 5.54. The van der Waals surface area contributed by atoms with Crippen LogP contribution in [0.5, 0.6) is 0 Å². The smallest absolute Gasteiger partial charge is 0.00148 e. The molecule has 1 N–H and O–H groups in total. The number of nitrogens with one attached hydrogen (secondary N) is 1. The molecule has 0 saturated heterocycles. The molecule has 3 unspecified atom stereocenters. The monoisotopic (exact) mass is 287 g/mol. The first-order valence-electron chi connectivity index (χ1n) is 8.85. The minimum Gasteiger partial charge on any atom is -0.317 e. The zero-order valence-corrected chi connectivity index (χ0v) is 14.6. The first-order chi connectivity index (χ1) is 10.1. The van der Waals surface area contributed by atoms with Gasteiger partial charge in [-0.1, -0.05) is 38.8 Å². The van der Waals surface area contributed by atoms with E-state index in [4.69, 9.17) is 0 Å². The van der Waals surface area contributed by atoms with Crippen molar-refractivity contribution in [3.8, 4) is 0 Å². The third kappa shape index (κ3) is 3.88. The molecule has 21 heavy (non-hydrogen) atoms. The van der Waals surface area contributed by atoms with E-state index in [9.17, 15) is 0 Å². The second-order valence-corrected chi connectivity index (χ2v) is 7.05. The summed E-state index contributed by atoms with van der Waals surface area (Å²) in [6, 6.07) is 4.87. The van der Waals surface area contributed by atoms with Crippen molar-refractivity contribution < 1.29 is 0 Å². The van der Waals surface area contributed by atoms with Crippen LogP contribution in [-0.2, 0) is 0 Å². The van der Waals surface area contributed by atoms with E-state index in [0.29, 0.717) is 0 Å². The van der Waals surface area contributed by atoms with Gasteiger partial charge in [0.05, 0.1) is 0 Å². The largest absolute Gasteiger partial charge is 0.317 e. The zero-order valence-electron chi connectivity index (χ0n) is 14.6. The van der Waals surface area contributed by atoms with Crippen molar-refractivity contribution in [2.45, 2.75) is 66.2 Å². The number of benzene rings is 1. The Morgan fingerprint density at radius 3 is 2.38 bits per heavy atom. The molecule has 0 aliphatic heterocycles. The SMILES string of the molecule is CCNCC1CCC(CC)CC1c1cc(C)c(C)cc1C. The van der Waals surface area contributed by atoms with Gasteiger partial charge in [0.2, 0.25) is 0 Å². The zero-order chi connectivity index (χ0) is 15.4. The van der Waals surface area contributed by atoms with Crippen LogP contribution in [0.4, 0.5) is 0 Å². The molecule has 0 spiro atoms. The van der Waals surface area contributed by atoms with E-state index < -0.39 is 0 Å². The van der Waals surface area contributed by atoms with Crippen LogP contribution in [0.15, 0.2) is 12.1 Å². The van der Waals surface area contributed by atoms with Gasteiger partial charge in [-0.2, -0.15) is 0 Å². The van der Waals surface area contributed by atoms with E-state index in [2.05, 4.69) is 52.1 Å². The van der Waals surface area contributed by atoms with Crippen LogP contribution in [0, 0.1) is 32.6 Å². The highest BCUT2D eigenvalue weighted by Crippen LogP contribution is 2.43. The third-order valence-electron chi connectivity index (χ3n) is 5.62. The predicted molar refractivity (Wildman–Crippen MR) is 93.1 cm³/mol. The summed E-state index contributed by atoms with van der Waals surface area (Å²) in [6.45, 7) is 13.7. The number of aryl methyl sites for hydroxylation is 3. The van der Waals surface area contributed by atoms with Crippen molar-refractivity contribution >= 4 is 0 Å². The Kier molecular flexibility index (Phi) is 5.87. The molecular formula is C20H33N. The highest BCUT2D eigenvalue weighted by molar-refractivity contribution is 5.39. The van der Waals surface area contributed by atoms with Gasteiger partial charge >= 0.3 is 0 Å². The summed E-state index contributed by atoms with van der Waals surface area (Å²) in [4.78, 5) is 0. The molecule has 0 amide bonds.